The lowest BCUT2D eigenvalue weighted by Crippen LogP contribution is -2.22. The monoisotopic (exact) mass is 279 g/mol. The normalized spacial score (nSPS) is 12.5. The minimum Gasteiger partial charge on any atom is -0.309 e. The van der Waals surface area contributed by atoms with Crippen LogP contribution >= 0.6 is 0 Å². The number of nitrogens with one attached hydrogen (secondary N) is 1. The summed E-state index contributed by atoms with van der Waals surface area (Å²) in [4.78, 5) is 0. The van der Waals surface area contributed by atoms with E-state index in [0.717, 1.165) is 11.5 Å². The van der Waals surface area contributed by atoms with Crippen molar-refractivity contribution >= 4 is 10.8 Å². The molecule has 1 atom stereocenters. The van der Waals surface area contributed by atoms with Crippen molar-refractivity contribution in [1.29, 1.82) is 0 Å². The van der Waals surface area contributed by atoms with Gasteiger partial charge in [-0.2, -0.15) is 4.68 Å². The minimum absolute atomic E-state index is 0.558. The van der Waals surface area contributed by atoms with Gasteiger partial charge >= 0.3 is 0 Å². The van der Waals surface area contributed by atoms with Crippen LogP contribution in [0.1, 0.15) is 12.7 Å². The Balaban J connectivity index is 1.92. The molecule has 0 saturated carbocycles. The fourth-order valence-electron chi connectivity index (χ4n) is 1.62. The van der Waals surface area contributed by atoms with Crippen LogP contribution < -0.4 is 5.32 Å². The Labute approximate surface area is 114 Å². The Morgan fingerprint density at radius 2 is 2.11 bits per heavy atom. The van der Waals surface area contributed by atoms with E-state index >= 15 is 0 Å². The highest BCUT2D eigenvalue weighted by Crippen LogP contribution is 2.06. The van der Waals surface area contributed by atoms with E-state index in [-0.39, 0.29) is 0 Å². The van der Waals surface area contributed by atoms with E-state index < -0.39 is 10.8 Å². The zero-order valence-corrected chi connectivity index (χ0v) is 11.6. The molecular weight excluding hydrogens is 262 g/mol. The third-order valence-electron chi connectivity index (χ3n) is 2.65. The molecule has 6 nitrogen and oxygen atoms in total. The molecule has 0 bridgehead atoms. The van der Waals surface area contributed by atoms with Crippen molar-refractivity contribution in [2.24, 2.45) is 0 Å². The molecule has 0 radical (unpaired) electrons. The molecule has 2 rings (SSSR count). The predicted octanol–water partition coefficient (Wildman–Crippen LogP) is 0.520. The van der Waals surface area contributed by atoms with Crippen LogP contribution in [-0.4, -0.2) is 42.5 Å². The molecule has 0 fully saturated rings. The van der Waals surface area contributed by atoms with Crippen LogP contribution in [0.15, 0.2) is 30.3 Å². The molecule has 0 aliphatic heterocycles. The first-order chi connectivity index (χ1) is 9.31. The van der Waals surface area contributed by atoms with Gasteiger partial charge in [-0.1, -0.05) is 25.1 Å². The molecule has 1 N–H and O–H groups in total. The molecule has 2 aromatic rings. The number of rotatable bonds is 7. The molecule has 102 valence electrons. The summed E-state index contributed by atoms with van der Waals surface area (Å²) in [6, 6.07) is 9.74. The Kier molecular flexibility index (Phi) is 5.17. The second-order valence-electron chi connectivity index (χ2n) is 3.95. The summed E-state index contributed by atoms with van der Waals surface area (Å²) in [6.45, 7) is 3.18. The van der Waals surface area contributed by atoms with Gasteiger partial charge in [0.2, 0.25) is 0 Å². The van der Waals surface area contributed by atoms with Crippen LogP contribution in [0.3, 0.4) is 0 Å². The van der Waals surface area contributed by atoms with Gasteiger partial charge in [0.15, 0.2) is 5.82 Å². The molecule has 1 heterocycles. The first-order valence-electron chi connectivity index (χ1n) is 6.19. The number of hydrogen-bond acceptors (Lipinski definition) is 5. The van der Waals surface area contributed by atoms with Crippen LogP contribution in [0.4, 0.5) is 0 Å². The zero-order chi connectivity index (χ0) is 13.5. The van der Waals surface area contributed by atoms with E-state index in [0.29, 0.717) is 24.6 Å². The smallest absolute Gasteiger partial charge is 0.170 e. The number of nitrogens with zero attached hydrogens (tertiary/aromatic N) is 4. The largest absolute Gasteiger partial charge is 0.309 e. The van der Waals surface area contributed by atoms with Crippen molar-refractivity contribution in [1.82, 2.24) is 25.5 Å². The summed E-state index contributed by atoms with van der Waals surface area (Å²) in [5.74, 6) is 2.10. The maximum Gasteiger partial charge on any atom is 0.170 e. The summed E-state index contributed by atoms with van der Waals surface area (Å²) >= 11 is 0. The molecule has 0 saturated heterocycles. The predicted molar refractivity (Wildman–Crippen MR) is 74.4 cm³/mol. The lowest BCUT2D eigenvalue weighted by atomic mass is 10.3. The number of aromatic nitrogens is 4. The van der Waals surface area contributed by atoms with Gasteiger partial charge in [-0.15, -0.1) is 5.10 Å². The lowest BCUT2D eigenvalue weighted by Gasteiger charge is -2.05. The van der Waals surface area contributed by atoms with Crippen molar-refractivity contribution in [3.63, 3.8) is 0 Å². The van der Waals surface area contributed by atoms with Crippen LogP contribution in [0.25, 0.3) is 5.69 Å². The van der Waals surface area contributed by atoms with Gasteiger partial charge < -0.3 is 5.32 Å². The second-order valence-corrected chi connectivity index (χ2v) is 5.82. The third kappa shape index (κ3) is 3.93. The summed E-state index contributed by atoms with van der Waals surface area (Å²) in [5, 5.41) is 14.9. The van der Waals surface area contributed by atoms with E-state index in [2.05, 4.69) is 20.8 Å². The highest BCUT2D eigenvalue weighted by atomic mass is 32.2. The number of tetrazole rings is 1. The Morgan fingerprint density at radius 1 is 1.32 bits per heavy atom. The Hall–Kier alpha value is -1.60. The van der Waals surface area contributed by atoms with Crippen LogP contribution in [0.5, 0.6) is 0 Å². The molecule has 1 aromatic carbocycles. The minimum atomic E-state index is -0.738. The Morgan fingerprint density at radius 3 is 2.84 bits per heavy atom. The average Bonchev–Trinajstić information content (AvgIpc) is 2.92. The van der Waals surface area contributed by atoms with Crippen molar-refractivity contribution in [3.05, 3.63) is 36.2 Å². The zero-order valence-electron chi connectivity index (χ0n) is 10.8. The molecule has 1 unspecified atom stereocenters. The topological polar surface area (TPSA) is 72.7 Å². The molecule has 0 aliphatic carbocycles. The van der Waals surface area contributed by atoms with Crippen LogP contribution in [0.2, 0.25) is 0 Å². The summed E-state index contributed by atoms with van der Waals surface area (Å²) in [7, 11) is -0.738. The highest BCUT2D eigenvalue weighted by molar-refractivity contribution is 7.84. The van der Waals surface area contributed by atoms with E-state index in [1.165, 1.54) is 0 Å². The SMILES string of the molecule is CCS(=O)CCNCc1nnnn1-c1ccccc1. The highest BCUT2D eigenvalue weighted by Gasteiger charge is 2.07. The number of para-hydroxylation sites is 1. The van der Waals surface area contributed by atoms with Gasteiger partial charge in [-0.3, -0.25) is 4.21 Å². The maximum absolute atomic E-state index is 11.3. The van der Waals surface area contributed by atoms with Crippen LogP contribution in [-0.2, 0) is 17.3 Å². The Bertz CT molecular complexity index is 528. The van der Waals surface area contributed by atoms with E-state index in [4.69, 9.17) is 0 Å². The summed E-state index contributed by atoms with van der Waals surface area (Å²) < 4.78 is 13.0. The quantitative estimate of drug-likeness (QED) is 0.748. The summed E-state index contributed by atoms with van der Waals surface area (Å²) in [5.41, 5.74) is 0.932. The fraction of sp³-hybridized carbons (Fsp3) is 0.417. The van der Waals surface area contributed by atoms with Gasteiger partial charge in [-0.25, -0.2) is 0 Å². The van der Waals surface area contributed by atoms with E-state index in [1.807, 2.05) is 37.3 Å². The first-order valence-corrected chi connectivity index (χ1v) is 7.68. The van der Waals surface area contributed by atoms with E-state index in [9.17, 15) is 4.21 Å². The molecular formula is C12H17N5OS. The lowest BCUT2D eigenvalue weighted by molar-refractivity contribution is 0.653. The maximum atomic E-state index is 11.3. The van der Waals surface area contributed by atoms with Crippen molar-refractivity contribution in [2.75, 3.05) is 18.1 Å². The fourth-order valence-corrected chi connectivity index (χ4v) is 2.28. The van der Waals surface area contributed by atoms with Gasteiger partial charge in [-0.05, 0) is 22.6 Å². The number of hydrogen-bond donors (Lipinski definition) is 1. The van der Waals surface area contributed by atoms with Gasteiger partial charge in [0, 0.05) is 28.9 Å². The molecule has 0 amide bonds. The van der Waals surface area contributed by atoms with Gasteiger partial charge in [0.1, 0.15) is 0 Å². The van der Waals surface area contributed by atoms with Crippen molar-refractivity contribution < 1.29 is 4.21 Å². The summed E-state index contributed by atoms with van der Waals surface area (Å²) in [6.07, 6.45) is 0. The molecule has 0 aliphatic rings. The second kappa shape index (κ2) is 7.10. The van der Waals surface area contributed by atoms with Crippen molar-refractivity contribution in [2.45, 2.75) is 13.5 Å². The molecule has 0 spiro atoms. The van der Waals surface area contributed by atoms with Crippen LogP contribution in [0, 0.1) is 0 Å². The molecule has 7 heteroatoms. The van der Waals surface area contributed by atoms with Gasteiger partial charge in [0.05, 0.1) is 12.2 Å². The molecule has 19 heavy (non-hydrogen) atoms. The van der Waals surface area contributed by atoms with E-state index in [1.54, 1.807) is 4.68 Å². The van der Waals surface area contributed by atoms with Gasteiger partial charge in [0.25, 0.3) is 0 Å². The standard InChI is InChI=1S/C12H17N5OS/c1-2-19(18)9-8-13-10-12-14-15-16-17(12)11-6-4-3-5-7-11/h3-7,13H,2,8-10H2,1H3. The molecule has 1 aromatic heterocycles. The average molecular weight is 279 g/mol. The third-order valence-corrected chi connectivity index (χ3v) is 3.95. The van der Waals surface area contributed by atoms with Crippen molar-refractivity contribution in [3.8, 4) is 5.69 Å². The number of benzene rings is 1. The first kappa shape index (κ1) is 13.8.